The van der Waals surface area contributed by atoms with Gasteiger partial charge in [0.25, 0.3) is 5.69 Å². The van der Waals surface area contributed by atoms with E-state index in [1.54, 1.807) is 29.5 Å². The van der Waals surface area contributed by atoms with Gasteiger partial charge in [0.2, 0.25) is 0 Å². The average molecular weight is 475 g/mol. The Bertz CT molecular complexity index is 1170. The van der Waals surface area contributed by atoms with E-state index >= 15 is 0 Å². The summed E-state index contributed by atoms with van der Waals surface area (Å²) in [5, 5.41) is 24.9. The number of likely N-dealkylation sites (tertiary alicyclic amines) is 1. The van der Waals surface area contributed by atoms with Crippen LogP contribution in [-0.4, -0.2) is 39.4 Å². The van der Waals surface area contributed by atoms with Crippen molar-refractivity contribution >= 4 is 40.6 Å². The first kappa shape index (κ1) is 22.1. The molecule has 0 bridgehead atoms. The monoisotopic (exact) mass is 474 g/mol. The van der Waals surface area contributed by atoms with Crippen LogP contribution in [0.15, 0.2) is 46.2 Å². The molecule has 0 amide bonds. The molecule has 0 N–H and O–H groups in total. The molecule has 3 heterocycles. The second-order valence-corrected chi connectivity index (χ2v) is 8.70. The molecule has 1 aliphatic rings. The Morgan fingerprint density at radius 2 is 1.97 bits per heavy atom. The number of nitrogens with zero attached hydrogens (tertiary/aromatic N) is 4. The maximum Gasteiger partial charge on any atom is 0.433 e. The Kier molecular flexibility index (Phi) is 6.63. The van der Waals surface area contributed by atoms with Crippen molar-refractivity contribution in [1.29, 1.82) is 0 Å². The number of aromatic nitrogens is 1. The molecule has 1 aromatic carbocycles. The van der Waals surface area contributed by atoms with Gasteiger partial charge < -0.3 is 4.42 Å². The number of nitro groups is 2. The lowest BCUT2D eigenvalue weighted by atomic mass is 9.97. The lowest BCUT2D eigenvalue weighted by molar-refractivity contribution is -0.402. The van der Waals surface area contributed by atoms with Gasteiger partial charge in [-0.25, -0.2) is 4.98 Å². The Balaban J connectivity index is 1.32. The summed E-state index contributed by atoms with van der Waals surface area (Å²) >= 11 is 7.48. The van der Waals surface area contributed by atoms with E-state index in [0.717, 1.165) is 43.2 Å². The number of hydrogen-bond donors (Lipinski definition) is 0. The van der Waals surface area contributed by atoms with Crippen molar-refractivity contribution in [2.45, 2.75) is 18.8 Å². The van der Waals surface area contributed by atoms with Gasteiger partial charge in [0.15, 0.2) is 0 Å². The average Bonchev–Trinajstić information content (AvgIpc) is 3.45. The van der Waals surface area contributed by atoms with Crippen LogP contribution in [0.1, 0.15) is 29.5 Å². The summed E-state index contributed by atoms with van der Waals surface area (Å²) in [7, 11) is 0. The van der Waals surface area contributed by atoms with E-state index < -0.39 is 9.85 Å². The molecule has 9 nitrogen and oxygen atoms in total. The number of furan rings is 1. The highest BCUT2D eigenvalue weighted by Crippen LogP contribution is 2.35. The Morgan fingerprint density at radius 3 is 2.66 bits per heavy atom. The predicted molar refractivity (Wildman–Crippen MR) is 122 cm³/mol. The Hall–Kier alpha value is -3.08. The lowest BCUT2D eigenvalue weighted by Gasteiger charge is -2.30. The van der Waals surface area contributed by atoms with Crippen LogP contribution in [0, 0.1) is 20.2 Å². The molecular weight excluding hydrogens is 456 g/mol. The molecular formula is C21H19ClN4O5S. The first-order valence-electron chi connectivity index (χ1n) is 9.93. The second-order valence-electron chi connectivity index (χ2n) is 7.40. The second kappa shape index (κ2) is 9.60. The van der Waals surface area contributed by atoms with E-state index in [0.29, 0.717) is 17.2 Å². The van der Waals surface area contributed by atoms with Gasteiger partial charge in [-0.15, -0.1) is 11.3 Å². The number of rotatable bonds is 7. The van der Waals surface area contributed by atoms with Crippen LogP contribution in [0.5, 0.6) is 0 Å². The molecule has 0 spiro atoms. The molecule has 0 unspecified atom stereocenters. The van der Waals surface area contributed by atoms with Crippen LogP contribution in [0.4, 0.5) is 11.6 Å². The highest BCUT2D eigenvalue weighted by Gasteiger charge is 2.23. The van der Waals surface area contributed by atoms with Crippen LogP contribution in [0.3, 0.4) is 0 Å². The highest BCUT2D eigenvalue weighted by atomic mass is 35.5. The molecule has 0 saturated carbocycles. The van der Waals surface area contributed by atoms with Crippen LogP contribution in [0.25, 0.3) is 17.3 Å². The van der Waals surface area contributed by atoms with Crippen molar-refractivity contribution in [2.75, 3.05) is 19.6 Å². The molecule has 3 aromatic rings. The summed E-state index contributed by atoms with van der Waals surface area (Å²) in [5.74, 6) is 0.551. The van der Waals surface area contributed by atoms with Gasteiger partial charge in [-0.3, -0.25) is 25.1 Å². The van der Waals surface area contributed by atoms with Crippen LogP contribution < -0.4 is 0 Å². The van der Waals surface area contributed by atoms with Gasteiger partial charge in [0, 0.05) is 29.5 Å². The zero-order chi connectivity index (χ0) is 22.7. The zero-order valence-corrected chi connectivity index (χ0v) is 18.4. The fraction of sp³-hybridized carbons (Fsp3) is 0.286. The first-order valence-corrected chi connectivity index (χ1v) is 11.2. The number of benzene rings is 1. The Morgan fingerprint density at radius 1 is 1.19 bits per heavy atom. The van der Waals surface area contributed by atoms with Gasteiger partial charge in [0.05, 0.1) is 21.7 Å². The number of piperidine rings is 1. The summed E-state index contributed by atoms with van der Waals surface area (Å²) < 4.78 is 5.12. The summed E-state index contributed by atoms with van der Waals surface area (Å²) in [5.41, 5.74) is 1.29. The molecule has 166 valence electrons. The summed E-state index contributed by atoms with van der Waals surface area (Å²) in [6, 6.07) is 7.66. The van der Waals surface area contributed by atoms with Gasteiger partial charge in [-0.2, -0.15) is 0 Å². The minimum atomic E-state index is -0.555. The van der Waals surface area contributed by atoms with E-state index in [1.165, 1.54) is 18.2 Å². The van der Waals surface area contributed by atoms with E-state index in [4.69, 9.17) is 21.0 Å². The normalized spacial score (nSPS) is 15.4. The molecule has 32 heavy (non-hydrogen) atoms. The summed E-state index contributed by atoms with van der Waals surface area (Å²) in [4.78, 5) is 27.8. The van der Waals surface area contributed by atoms with E-state index in [1.807, 2.05) is 11.5 Å². The van der Waals surface area contributed by atoms with E-state index in [-0.39, 0.29) is 16.6 Å². The van der Waals surface area contributed by atoms with Crippen LogP contribution in [0.2, 0.25) is 5.02 Å². The minimum Gasteiger partial charge on any atom is -0.401 e. The van der Waals surface area contributed by atoms with Crippen LogP contribution >= 0.6 is 22.9 Å². The minimum absolute atomic E-state index is 0.112. The zero-order valence-electron chi connectivity index (χ0n) is 16.8. The number of thiazole rings is 1. The topological polar surface area (TPSA) is 116 Å². The van der Waals surface area contributed by atoms with Crippen molar-refractivity contribution in [1.82, 2.24) is 9.88 Å². The van der Waals surface area contributed by atoms with Crippen molar-refractivity contribution in [2.24, 2.45) is 0 Å². The summed E-state index contributed by atoms with van der Waals surface area (Å²) in [6.45, 7) is 2.56. The van der Waals surface area contributed by atoms with Crippen LogP contribution in [-0.2, 0) is 0 Å². The largest absolute Gasteiger partial charge is 0.433 e. The van der Waals surface area contributed by atoms with Gasteiger partial charge in [-0.05, 0) is 44.1 Å². The number of nitro benzene ring substituents is 1. The first-order chi connectivity index (χ1) is 15.4. The third kappa shape index (κ3) is 5.04. The van der Waals surface area contributed by atoms with Crippen molar-refractivity contribution in [3.05, 3.63) is 77.8 Å². The maximum atomic E-state index is 11.1. The van der Waals surface area contributed by atoms with Gasteiger partial charge >= 0.3 is 5.88 Å². The molecule has 0 aliphatic carbocycles. The number of halogens is 1. The lowest BCUT2D eigenvalue weighted by Crippen LogP contribution is -2.32. The predicted octanol–water partition coefficient (Wildman–Crippen LogP) is 5.77. The molecule has 1 fully saturated rings. The Labute approximate surface area is 192 Å². The molecule has 1 saturated heterocycles. The third-order valence-corrected chi connectivity index (χ3v) is 6.66. The van der Waals surface area contributed by atoms with E-state index in [9.17, 15) is 20.2 Å². The molecule has 0 atom stereocenters. The SMILES string of the molecule is O=[N+]([O-])c1ccc(/C=C/CN2CCC(c3nc(-c4ccc(Cl)c([N+](=O)[O-])c4)cs3)CC2)o1. The van der Waals surface area contributed by atoms with Crippen molar-refractivity contribution in [3.63, 3.8) is 0 Å². The number of hydrogen-bond acceptors (Lipinski definition) is 8. The molecule has 2 aromatic heterocycles. The maximum absolute atomic E-state index is 11.1. The summed E-state index contributed by atoms with van der Waals surface area (Å²) in [6.07, 6.45) is 5.62. The smallest absolute Gasteiger partial charge is 0.401 e. The third-order valence-electron chi connectivity index (χ3n) is 5.34. The van der Waals surface area contributed by atoms with Crippen molar-refractivity contribution in [3.8, 4) is 11.3 Å². The van der Waals surface area contributed by atoms with Gasteiger partial charge in [0.1, 0.15) is 15.7 Å². The molecule has 1 aliphatic heterocycles. The fourth-order valence-corrected chi connectivity index (χ4v) is 4.82. The molecule has 11 heteroatoms. The van der Waals surface area contributed by atoms with E-state index in [2.05, 4.69) is 4.90 Å². The standard InChI is InChI=1S/C21H19ClN4O5S/c22-17-5-3-15(12-19(17)25(27)28)18-13-32-21(23-18)14-7-10-24(11-8-14)9-1-2-16-4-6-20(31-16)26(29)30/h1-6,12-14H,7-11H2/b2-1+. The van der Waals surface area contributed by atoms with Crippen molar-refractivity contribution < 1.29 is 14.3 Å². The molecule has 4 rings (SSSR count). The highest BCUT2D eigenvalue weighted by molar-refractivity contribution is 7.10. The van der Waals surface area contributed by atoms with Gasteiger partial charge in [-0.1, -0.05) is 23.7 Å². The fourth-order valence-electron chi connectivity index (χ4n) is 3.63. The quantitative estimate of drug-likeness (QED) is 0.315. The molecule has 0 radical (unpaired) electrons.